The van der Waals surface area contributed by atoms with Gasteiger partial charge in [0.25, 0.3) is 5.91 Å². The average molecular weight is 392 g/mol. The van der Waals surface area contributed by atoms with Crippen LogP contribution in [0.2, 0.25) is 0 Å². The summed E-state index contributed by atoms with van der Waals surface area (Å²) in [6.45, 7) is 2.43. The third kappa shape index (κ3) is 6.54. The van der Waals surface area contributed by atoms with Gasteiger partial charge in [0.05, 0.1) is 32.1 Å². The quantitative estimate of drug-likeness (QED) is 0.512. The molecule has 3 aromatic rings. The van der Waals surface area contributed by atoms with Crippen molar-refractivity contribution in [3.8, 4) is 5.75 Å². The van der Waals surface area contributed by atoms with Gasteiger partial charge in [0.1, 0.15) is 5.75 Å². The molecule has 0 spiro atoms. The Morgan fingerprint density at radius 2 is 2.07 bits per heavy atom. The van der Waals surface area contributed by atoms with Gasteiger partial charge in [-0.05, 0) is 29.8 Å². The maximum Gasteiger partial charge on any atom is 0.273 e. The van der Waals surface area contributed by atoms with Crippen molar-refractivity contribution < 1.29 is 9.53 Å². The van der Waals surface area contributed by atoms with E-state index in [2.05, 4.69) is 32.0 Å². The highest BCUT2D eigenvalue weighted by atomic mass is 16.5. The van der Waals surface area contributed by atoms with Crippen molar-refractivity contribution in [2.45, 2.75) is 13.1 Å². The molecule has 8 nitrogen and oxygen atoms in total. The highest BCUT2D eigenvalue weighted by Gasteiger charge is 2.10. The first-order valence-electron chi connectivity index (χ1n) is 9.34. The standard InChI is InChI=1S/C21H24N6O2/c1-29-19-9-7-17(8-10-19)5-4-11-22-13-14-27-16-20(25-26-27)21(28)24-15-18-6-2-3-12-23-18/h2-10,12,16,22H,11,13-15H2,1H3,(H,24,28). The van der Waals surface area contributed by atoms with E-state index in [4.69, 9.17) is 4.74 Å². The van der Waals surface area contributed by atoms with E-state index in [9.17, 15) is 4.79 Å². The Kier molecular flexibility index (Phi) is 7.48. The molecule has 3 rings (SSSR count). The molecule has 0 atom stereocenters. The van der Waals surface area contributed by atoms with Crippen LogP contribution in [0.5, 0.6) is 5.75 Å². The van der Waals surface area contributed by atoms with Gasteiger partial charge in [-0.25, -0.2) is 0 Å². The fourth-order valence-electron chi connectivity index (χ4n) is 2.56. The Morgan fingerprint density at radius 3 is 2.83 bits per heavy atom. The van der Waals surface area contributed by atoms with Crippen LogP contribution in [-0.4, -0.2) is 46.1 Å². The second kappa shape index (κ2) is 10.7. The first-order valence-corrected chi connectivity index (χ1v) is 9.34. The minimum atomic E-state index is -0.266. The number of carbonyl (C=O) groups is 1. The summed E-state index contributed by atoms with van der Waals surface area (Å²) in [5, 5.41) is 14.0. The zero-order valence-electron chi connectivity index (χ0n) is 16.3. The summed E-state index contributed by atoms with van der Waals surface area (Å²) >= 11 is 0. The molecule has 0 aliphatic carbocycles. The van der Waals surface area contributed by atoms with E-state index in [1.54, 1.807) is 24.2 Å². The Hall–Kier alpha value is -3.52. The van der Waals surface area contributed by atoms with Crippen LogP contribution in [0, 0.1) is 0 Å². The molecule has 1 amide bonds. The number of amides is 1. The SMILES string of the molecule is COc1ccc(C=CCNCCn2cc(C(=O)NCc3ccccn3)nn2)cc1. The van der Waals surface area contributed by atoms with E-state index in [1.165, 1.54) is 0 Å². The number of hydrogen-bond donors (Lipinski definition) is 2. The molecule has 0 fully saturated rings. The van der Waals surface area contributed by atoms with Crippen molar-refractivity contribution in [3.63, 3.8) is 0 Å². The number of carbonyl (C=O) groups excluding carboxylic acids is 1. The lowest BCUT2D eigenvalue weighted by Crippen LogP contribution is -2.23. The Balaban J connectivity index is 1.35. The maximum atomic E-state index is 12.1. The van der Waals surface area contributed by atoms with Crippen LogP contribution >= 0.6 is 0 Å². The summed E-state index contributed by atoms with van der Waals surface area (Å²) in [5.74, 6) is 0.579. The van der Waals surface area contributed by atoms with E-state index in [0.717, 1.165) is 23.6 Å². The first kappa shape index (κ1) is 20.2. The fourth-order valence-corrected chi connectivity index (χ4v) is 2.56. The van der Waals surface area contributed by atoms with E-state index >= 15 is 0 Å². The predicted molar refractivity (Wildman–Crippen MR) is 110 cm³/mol. The summed E-state index contributed by atoms with van der Waals surface area (Å²) in [5.41, 5.74) is 2.20. The van der Waals surface area contributed by atoms with Gasteiger partial charge >= 0.3 is 0 Å². The zero-order valence-corrected chi connectivity index (χ0v) is 16.3. The molecule has 2 aromatic heterocycles. The Labute approximate surface area is 169 Å². The van der Waals surface area contributed by atoms with Crippen molar-refractivity contribution in [2.24, 2.45) is 0 Å². The average Bonchev–Trinajstić information content (AvgIpc) is 3.24. The lowest BCUT2D eigenvalue weighted by molar-refractivity contribution is 0.0945. The second-order valence-electron chi connectivity index (χ2n) is 6.25. The maximum absolute atomic E-state index is 12.1. The predicted octanol–water partition coefficient (Wildman–Crippen LogP) is 1.91. The Bertz CT molecular complexity index is 922. The van der Waals surface area contributed by atoms with Crippen molar-refractivity contribution in [2.75, 3.05) is 20.2 Å². The number of aromatic nitrogens is 4. The van der Waals surface area contributed by atoms with Crippen LogP contribution in [0.4, 0.5) is 0 Å². The molecule has 1 aromatic carbocycles. The number of rotatable bonds is 10. The molecular formula is C21H24N6O2. The summed E-state index contributed by atoms with van der Waals surface area (Å²) in [7, 11) is 1.65. The first-order chi connectivity index (χ1) is 14.2. The summed E-state index contributed by atoms with van der Waals surface area (Å²) < 4.78 is 6.79. The number of benzene rings is 1. The largest absolute Gasteiger partial charge is 0.497 e. The molecule has 0 unspecified atom stereocenters. The molecule has 8 heteroatoms. The normalized spacial score (nSPS) is 10.9. The number of nitrogens with one attached hydrogen (secondary N) is 2. The molecule has 0 radical (unpaired) electrons. The number of ether oxygens (including phenoxy) is 1. The highest BCUT2D eigenvalue weighted by Crippen LogP contribution is 2.11. The van der Waals surface area contributed by atoms with Crippen molar-refractivity contribution in [1.29, 1.82) is 0 Å². The number of pyridine rings is 1. The summed E-state index contributed by atoms with van der Waals surface area (Å²) in [6, 6.07) is 13.4. The van der Waals surface area contributed by atoms with Gasteiger partial charge in [0.15, 0.2) is 5.69 Å². The minimum Gasteiger partial charge on any atom is -0.497 e. The molecule has 0 aliphatic rings. The lowest BCUT2D eigenvalue weighted by Gasteiger charge is -2.02. The molecule has 0 bridgehead atoms. The van der Waals surface area contributed by atoms with E-state index < -0.39 is 0 Å². The van der Waals surface area contributed by atoms with Crippen molar-refractivity contribution in [3.05, 3.63) is 77.9 Å². The van der Waals surface area contributed by atoms with Gasteiger partial charge < -0.3 is 15.4 Å². The lowest BCUT2D eigenvalue weighted by atomic mass is 10.2. The monoisotopic (exact) mass is 392 g/mol. The van der Waals surface area contributed by atoms with Gasteiger partial charge in [-0.2, -0.15) is 0 Å². The van der Waals surface area contributed by atoms with E-state index in [1.807, 2.05) is 48.5 Å². The van der Waals surface area contributed by atoms with Crippen LogP contribution < -0.4 is 15.4 Å². The van der Waals surface area contributed by atoms with Gasteiger partial charge in [-0.15, -0.1) is 5.10 Å². The van der Waals surface area contributed by atoms with Gasteiger partial charge in [0, 0.05) is 19.3 Å². The zero-order chi connectivity index (χ0) is 20.3. The van der Waals surface area contributed by atoms with Gasteiger partial charge in [0.2, 0.25) is 0 Å². The topological polar surface area (TPSA) is 94.0 Å². The number of methoxy groups -OCH3 is 1. The number of nitrogens with zero attached hydrogens (tertiary/aromatic N) is 4. The molecule has 0 saturated heterocycles. The molecule has 29 heavy (non-hydrogen) atoms. The van der Waals surface area contributed by atoms with E-state index in [-0.39, 0.29) is 5.91 Å². The second-order valence-corrected chi connectivity index (χ2v) is 6.25. The van der Waals surface area contributed by atoms with Crippen LogP contribution in [0.15, 0.2) is 60.9 Å². The smallest absolute Gasteiger partial charge is 0.273 e. The molecule has 0 aliphatic heterocycles. The Morgan fingerprint density at radius 1 is 1.21 bits per heavy atom. The third-order valence-corrected chi connectivity index (χ3v) is 4.13. The molecule has 150 valence electrons. The highest BCUT2D eigenvalue weighted by molar-refractivity contribution is 5.91. The van der Waals surface area contributed by atoms with Gasteiger partial charge in [-0.3, -0.25) is 14.5 Å². The summed E-state index contributed by atoms with van der Waals surface area (Å²) in [4.78, 5) is 16.3. The van der Waals surface area contributed by atoms with Crippen LogP contribution in [0.25, 0.3) is 6.08 Å². The summed E-state index contributed by atoms with van der Waals surface area (Å²) in [6.07, 6.45) is 7.44. The molecule has 2 N–H and O–H groups in total. The number of hydrogen-bond acceptors (Lipinski definition) is 6. The minimum absolute atomic E-state index is 0.266. The van der Waals surface area contributed by atoms with Crippen LogP contribution in [0.3, 0.4) is 0 Å². The molecule has 2 heterocycles. The van der Waals surface area contributed by atoms with Crippen LogP contribution in [-0.2, 0) is 13.1 Å². The molecular weight excluding hydrogens is 368 g/mol. The van der Waals surface area contributed by atoms with Crippen LogP contribution in [0.1, 0.15) is 21.7 Å². The third-order valence-electron chi connectivity index (χ3n) is 4.13. The van der Waals surface area contributed by atoms with Crippen molar-refractivity contribution >= 4 is 12.0 Å². The van der Waals surface area contributed by atoms with Crippen molar-refractivity contribution in [1.82, 2.24) is 30.6 Å². The van der Waals surface area contributed by atoms with Gasteiger partial charge in [-0.1, -0.05) is 35.6 Å². The molecule has 0 saturated carbocycles. The van der Waals surface area contributed by atoms with E-state index in [0.29, 0.717) is 25.3 Å². The fraction of sp³-hybridized carbons (Fsp3) is 0.238.